The van der Waals surface area contributed by atoms with E-state index < -0.39 is 0 Å². The molecule has 3 aliphatic heterocycles. The number of carbonyl (C=O) groups excluding carboxylic acids is 2. The number of fused-ring (bicyclic) bond motifs is 1. The molecule has 33 heavy (non-hydrogen) atoms. The summed E-state index contributed by atoms with van der Waals surface area (Å²) in [5, 5.41) is 3.54. The first-order chi connectivity index (χ1) is 16.1. The molecule has 7 nitrogen and oxygen atoms in total. The smallest absolute Gasteiger partial charge is 0.256 e. The first-order valence-corrected chi connectivity index (χ1v) is 12.0. The number of hydrogen-bond donors (Lipinski definition) is 1. The van der Waals surface area contributed by atoms with E-state index in [2.05, 4.69) is 17.1 Å². The summed E-state index contributed by atoms with van der Waals surface area (Å²) in [4.78, 5) is 32.5. The van der Waals surface area contributed by atoms with Crippen molar-refractivity contribution in [2.24, 2.45) is 0 Å². The van der Waals surface area contributed by atoms with Crippen LogP contribution in [0.4, 0.5) is 5.69 Å². The zero-order chi connectivity index (χ0) is 22.8. The van der Waals surface area contributed by atoms with Gasteiger partial charge in [0.25, 0.3) is 11.8 Å². The van der Waals surface area contributed by atoms with Crippen LogP contribution in [0.25, 0.3) is 0 Å². The zero-order valence-electron chi connectivity index (χ0n) is 19.2. The predicted octanol–water partition coefficient (Wildman–Crippen LogP) is 3.21. The SMILES string of the molecule is CCN1CCN(C(=O)c2cccc(NC3c4ccccc4C(=O)N3CC3CCCO3)c2)CC1. The number of anilines is 1. The number of carbonyl (C=O) groups is 2. The molecule has 0 aliphatic carbocycles. The maximum absolute atomic E-state index is 13.2. The minimum atomic E-state index is -0.281. The quantitative estimate of drug-likeness (QED) is 0.735. The lowest BCUT2D eigenvalue weighted by Crippen LogP contribution is -2.48. The summed E-state index contributed by atoms with van der Waals surface area (Å²) in [5.74, 6) is 0.0909. The van der Waals surface area contributed by atoms with Gasteiger partial charge >= 0.3 is 0 Å². The summed E-state index contributed by atoms with van der Waals surface area (Å²) in [5.41, 5.74) is 3.20. The van der Waals surface area contributed by atoms with Crippen LogP contribution >= 0.6 is 0 Å². The van der Waals surface area contributed by atoms with Crippen molar-refractivity contribution in [2.45, 2.75) is 32.0 Å². The molecule has 0 aromatic heterocycles. The lowest BCUT2D eigenvalue weighted by molar-refractivity contribution is 0.0488. The van der Waals surface area contributed by atoms with Crippen molar-refractivity contribution < 1.29 is 14.3 Å². The first kappa shape index (κ1) is 21.9. The maximum Gasteiger partial charge on any atom is 0.256 e. The Bertz CT molecular complexity index is 1010. The van der Waals surface area contributed by atoms with Crippen molar-refractivity contribution in [3.8, 4) is 0 Å². The van der Waals surface area contributed by atoms with Crippen LogP contribution in [0.1, 0.15) is 52.2 Å². The van der Waals surface area contributed by atoms with E-state index >= 15 is 0 Å². The van der Waals surface area contributed by atoms with Crippen LogP contribution in [0.5, 0.6) is 0 Å². The second kappa shape index (κ2) is 9.53. The van der Waals surface area contributed by atoms with Gasteiger partial charge in [0, 0.05) is 61.7 Å². The number of nitrogens with zero attached hydrogens (tertiary/aromatic N) is 3. The van der Waals surface area contributed by atoms with E-state index in [4.69, 9.17) is 4.74 Å². The molecule has 1 N–H and O–H groups in total. The minimum Gasteiger partial charge on any atom is -0.376 e. The lowest BCUT2D eigenvalue weighted by Gasteiger charge is -2.34. The molecule has 174 valence electrons. The van der Waals surface area contributed by atoms with Gasteiger partial charge in [0.2, 0.25) is 0 Å². The fraction of sp³-hybridized carbons (Fsp3) is 0.462. The van der Waals surface area contributed by atoms with Gasteiger partial charge in [0.05, 0.1) is 6.10 Å². The highest BCUT2D eigenvalue weighted by atomic mass is 16.5. The van der Waals surface area contributed by atoms with Crippen molar-refractivity contribution in [3.05, 3.63) is 65.2 Å². The number of benzene rings is 2. The molecule has 2 amide bonds. The summed E-state index contributed by atoms with van der Waals surface area (Å²) >= 11 is 0. The molecule has 3 heterocycles. The Morgan fingerprint density at radius 2 is 1.91 bits per heavy atom. The van der Waals surface area contributed by atoms with Gasteiger partial charge in [-0.15, -0.1) is 0 Å². The summed E-state index contributed by atoms with van der Waals surface area (Å²) in [6.07, 6.45) is 1.80. The van der Waals surface area contributed by atoms with Gasteiger partial charge in [-0.1, -0.05) is 31.2 Å². The van der Waals surface area contributed by atoms with Gasteiger partial charge in [0.15, 0.2) is 0 Å². The highest BCUT2D eigenvalue weighted by Gasteiger charge is 2.38. The Morgan fingerprint density at radius 3 is 2.67 bits per heavy atom. The fourth-order valence-electron chi connectivity index (χ4n) is 5.07. The van der Waals surface area contributed by atoms with Crippen LogP contribution in [0.2, 0.25) is 0 Å². The molecule has 2 unspecified atom stereocenters. The molecule has 2 atom stereocenters. The van der Waals surface area contributed by atoms with Crippen LogP contribution in [-0.4, -0.2) is 78.5 Å². The van der Waals surface area contributed by atoms with E-state index in [-0.39, 0.29) is 24.1 Å². The molecule has 0 radical (unpaired) electrons. The van der Waals surface area contributed by atoms with Crippen molar-refractivity contribution in [1.29, 1.82) is 0 Å². The van der Waals surface area contributed by atoms with E-state index in [0.717, 1.165) is 69.0 Å². The number of hydrogen-bond acceptors (Lipinski definition) is 5. The Balaban J connectivity index is 1.35. The standard InChI is InChI=1S/C26H32N4O3/c1-2-28-12-14-29(15-13-28)25(31)19-7-5-8-20(17-19)27-24-22-10-3-4-11-23(22)26(32)30(24)18-21-9-6-16-33-21/h3-5,7-8,10-11,17,21,24,27H,2,6,9,12-16,18H2,1H3. The summed E-state index contributed by atoms with van der Waals surface area (Å²) in [6, 6.07) is 15.4. The fourth-order valence-corrected chi connectivity index (χ4v) is 5.07. The molecule has 2 aromatic rings. The van der Waals surface area contributed by atoms with Gasteiger partial charge in [-0.25, -0.2) is 0 Å². The molecule has 5 rings (SSSR count). The second-order valence-corrected chi connectivity index (χ2v) is 9.03. The summed E-state index contributed by atoms with van der Waals surface area (Å²) in [7, 11) is 0. The Morgan fingerprint density at radius 1 is 1.09 bits per heavy atom. The third-order valence-electron chi connectivity index (χ3n) is 7.00. The summed E-state index contributed by atoms with van der Waals surface area (Å²) < 4.78 is 5.82. The van der Waals surface area contributed by atoms with Gasteiger partial charge in [-0.05, 0) is 43.7 Å². The summed E-state index contributed by atoms with van der Waals surface area (Å²) in [6.45, 7) is 7.83. The van der Waals surface area contributed by atoms with Crippen molar-refractivity contribution >= 4 is 17.5 Å². The van der Waals surface area contributed by atoms with Crippen LogP contribution in [0.15, 0.2) is 48.5 Å². The Hall–Kier alpha value is -2.90. The topological polar surface area (TPSA) is 65.1 Å². The van der Waals surface area contributed by atoms with Crippen LogP contribution in [-0.2, 0) is 4.74 Å². The average molecular weight is 449 g/mol. The van der Waals surface area contributed by atoms with Crippen LogP contribution in [0.3, 0.4) is 0 Å². The number of nitrogens with one attached hydrogen (secondary N) is 1. The van der Waals surface area contributed by atoms with Gasteiger partial charge in [-0.3, -0.25) is 9.59 Å². The molecule has 7 heteroatoms. The first-order valence-electron chi connectivity index (χ1n) is 12.0. The number of amides is 2. The van der Waals surface area contributed by atoms with E-state index in [1.54, 1.807) is 0 Å². The van der Waals surface area contributed by atoms with Crippen molar-refractivity contribution in [3.63, 3.8) is 0 Å². The van der Waals surface area contributed by atoms with Gasteiger partial charge in [-0.2, -0.15) is 0 Å². The molecule has 3 aliphatic rings. The average Bonchev–Trinajstić information content (AvgIpc) is 3.47. The molecular weight excluding hydrogens is 416 g/mol. The van der Waals surface area contributed by atoms with Gasteiger partial charge in [0.1, 0.15) is 6.17 Å². The van der Waals surface area contributed by atoms with E-state index in [0.29, 0.717) is 12.1 Å². The minimum absolute atomic E-state index is 0.0274. The number of ether oxygens (including phenoxy) is 1. The maximum atomic E-state index is 13.2. The second-order valence-electron chi connectivity index (χ2n) is 9.03. The van der Waals surface area contributed by atoms with Crippen LogP contribution < -0.4 is 5.32 Å². The zero-order valence-corrected chi connectivity index (χ0v) is 19.2. The number of piperazine rings is 1. The largest absolute Gasteiger partial charge is 0.376 e. The normalized spacial score (nSPS) is 23.1. The van der Waals surface area contributed by atoms with E-state index in [1.807, 2.05) is 58.3 Å². The highest BCUT2D eigenvalue weighted by Crippen LogP contribution is 2.35. The Kier molecular flexibility index (Phi) is 6.33. The lowest BCUT2D eigenvalue weighted by atomic mass is 10.1. The molecule has 0 saturated carbocycles. The van der Waals surface area contributed by atoms with Crippen LogP contribution in [0, 0.1) is 0 Å². The predicted molar refractivity (Wildman–Crippen MR) is 127 cm³/mol. The third kappa shape index (κ3) is 4.48. The highest BCUT2D eigenvalue weighted by molar-refractivity contribution is 5.99. The van der Waals surface area contributed by atoms with E-state index in [9.17, 15) is 9.59 Å². The molecular formula is C26H32N4O3. The van der Waals surface area contributed by atoms with Gasteiger partial charge < -0.3 is 24.8 Å². The monoisotopic (exact) mass is 448 g/mol. The Labute approximate surface area is 195 Å². The molecule has 0 bridgehead atoms. The number of likely N-dealkylation sites (N-methyl/N-ethyl adjacent to an activating group) is 1. The molecule has 0 spiro atoms. The molecule has 2 fully saturated rings. The van der Waals surface area contributed by atoms with Crippen molar-refractivity contribution in [2.75, 3.05) is 51.2 Å². The number of rotatable bonds is 6. The van der Waals surface area contributed by atoms with Crippen molar-refractivity contribution in [1.82, 2.24) is 14.7 Å². The third-order valence-corrected chi connectivity index (χ3v) is 7.00. The molecule has 2 saturated heterocycles. The molecule has 2 aromatic carbocycles. The van der Waals surface area contributed by atoms with E-state index in [1.165, 1.54) is 0 Å².